The smallest absolute Gasteiger partial charge is 0.333 e. The van der Waals surface area contributed by atoms with Crippen molar-refractivity contribution in [3.63, 3.8) is 0 Å². The van der Waals surface area contributed by atoms with Crippen LogP contribution in [0, 0.1) is 11.6 Å². The molecule has 2 aromatic carbocycles. The minimum absolute atomic E-state index is 0.0181. The molecule has 6 rings (SSSR count). The lowest BCUT2D eigenvalue weighted by molar-refractivity contribution is -0.745. The Labute approximate surface area is 223 Å². The van der Waals surface area contributed by atoms with Gasteiger partial charge in [0.05, 0.1) is 22.5 Å². The molecule has 0 spiro atoms. The van der Waals surface area contributed by atoms with Gasteiger partial charge in [0, 0.05) is 17.3 Å². The largest absolute Gasteiger partial charge is 0.417 e. The fourth-order valence-corrected chi connectivity index (χ4v) is 4.26. The molecule has 12 heteroatoms. The summed E-state index contributed by atoms with van der Waals surface area (Å²) < 4.78 is 71.2. The number of imidazole rings is 1. The van der Waals surface area contributed by atoms with Gasteiger partial charge in [0.2, 0.25) is 12.7 Å². The van der Waals surface area contributed by atoms with Crippen LogP contribution in [0.25, 0.3) is 44.9 Å². The molecule has 6 aromatic rings. The van der Waals surface area contributed by atoms with Crippen LogP contribution in [0.1, 0.15) is 11.3 Å². The first kappa shape index (κ1) is 25.2. The lowest BCUT2D eigenvalue weighted by atomic mass is 9.99. The molecule has 0 fully saturated rings. The molecule has 0 bridgehead atoms. The monoisotopic (exact) mass is 546 g/mol. The third-order valence-electron chi connectivity index (χ3n) is 6.18. The second-order valence-corrected chi connectivity index (χ2v) is 8.84. The highest BCUT2D eigenvalue weighted by Crippen LogP contribution is 2.38. The molecular formula is C28H17F5N7+. The zero-order valence-corrected chi connectivity index (χ0v) is 20.4. The molecule has 0 radical (unpaired) electrons. The van der Waals surface area contributed by atoms with Crippen LogP contribution < -0.4 is 4.68 Å². The molecule has 0 amide bonds. The number of hydrogen-bond donors (Lipinski definition) is 1. The SMILES string of the molecule is Fc1cccc(-c2nc3cn[n+](Cc4ccc(-c5ccc(-c6ccccn6)cc5C(F)(F)F)nn4)cc3[nH]2)c1F. The molecule has 0 saturated heterocycles. The summed E-state index contributed by atoms with van der Waals surface area (Å²) >= 11 is 0. The quantitative estimate of drug-likeness (QED) is 0.219. The van der Waals surface area contributed by atoms with E-state index in [0.717, 1.165) is 12.1 Å². The topological polar surface area (TPSA) is 84.1 Å². The van der Waals surface area contributed by atoms with Crippen LogP contribution in [-0.4, -0.2) is 30.2 Å². The van der Waals surface area contributed by atoms with Crippen LogP contribution in [0.3, 0.4) is 0 Å². The standard InChI is InChI=1S/C28H16F5N7/c29-21-5-3-4-19(26(21)30)27-36-24-13-35-40(15-25(24)37-27)14-17-8-10-23(39-38-17)18-9-7-16(12-20(18)28(31,32)33)22-6-1-2-11-34-22/h1-13,15H,14H2/p+1. The van der Waals surface area contributed by atoms with Crippen LogP contribution >= 0.6 is 0 Å². The molecule has 0 aliphatic carbocycles. The maximum absolute atomic E-state index is 14.2. The Morgan fingerprint density at radius 1 is 0.850 bits per heavy atom. The van der Waals surface area contributed by atoms with Crippen molar-refractivity contribution >= 4 is 11.0 Å². The van der Waals surface area contributed by atoms with E-state index in [1.165, 1.54) is 41.3 Å². The maximum atomic E-state index is 14.2. The van der Waals surface area contributed by atoms with E-state index < -0.39 is 23.4 Å². The van der Waals surface area contributed by atoms with Crippen molar-refractivity contribution in [2.45, 2.75) is 12.7 Å². The lowest BCUT2D eigenvalue weighted by Gasteiger charge is -2.14. The van der Waals surface area contributed by atoms with Gasteiger partial charge in [0.1, 0.15) is 28.7 Å². The Kier molecular flexibility index (Phi) is 6.21. The molecule has 0 saturated carbocycles. The third kappa shape index (κ3) is 4.86. The Hall–Kier alpha value is -5.13. The van der Waals surface area contributed by atoms with Gasteiger partial charge in [-0.15, -0.1) is 5.10 Å². The van der Waals surface area contributed by atoms with Gasteiger partial charge < -0.3 is 4.98 Å². The van der Waals surface area contributed by atoms with Crippen molar-refractivity contribution in [1.29, 1.82) is 0 Å². The number of alkyl halides is 3. The molecule has 40 heavy (non-hydrogen) atoms. The summed E-state index contributed by atoms with van der Waals surface area (Å²) in [5, 5.41) is 12.4. The van der Waals surface area contributed by atoms with Gasteiger partial charge in [0.15, 0.2) is 11.6 Å². The fourth-order valence-electron chi connectivity index (χ4n) is 4.26. The zero-order chi connectivity index (χ0) is 27.9. The predicted molar refractivity (Wildman–Crippen MR) is 134 cm³/mol. The Bertz CT molecular complexity index is 1840. The van der Waals surface area contributed by atoms with E-state index in [4.69, 9.17) is 0 Å². The minimum Gasteiger partial charge on any atom is -0.333 e. The number of nitrogens with one attached hydrogen (secondary N) is 1. The molecule has 7 nitrogen and oxygen atoms in total. The van der Waals surface area contributed by atoms with Crippen molar-refractivity contribution in [3.05, 3.63) is 108 Å². The van der Waals surface area contributed by atoms with Crippen LogP contribution in [0.15, 0.2) is 85.3 Å². The second-order valence-electron chi connectivity index (χ2n) is 8.84. The van der Waals surface area contributed by atoms with Gasteiger partial charge in [-0.05, 0) is 47.6 Å². The van der Waals surface area contributed by atoms with E-state index >= 15 is 0 Å². The number of H-pyrrole nitrogens is 1. The molecule has 4 heterocycles. The first-order valence-corrected chi connectivity index (χ1v) is 11.9. The molecule has 0 aliphatic heterocycles. The summed E-state index contributed by atoms with van der Waals surface area (Å²) in [4.78, 5) is 11.3. The molecule has 0 unspecified atom stereocenters. The molecule has 4 aromatic heterocycles. The Balaban J connectivity index is 1.26. The summed E-state index contributed by atoms with van der Waals surface area (Å²) in [7, 11) is 0. The van der Waals surface area contributed by atoms with E-state index in [-0.39, 0.29) is 29.2 Å². The maximum Gasteiger partial charge on any atom is 0.417 e. The highest BCUT2D eigenvalue weighted by atomic mass is 19.4. The first-order valence-electron chi connectivity index (χ1n) is 11.9. The third-order valence-corrected chi connectivity index (χ3v) is 6.18. The molecule has 198 valence electrons. The summed E-state index contributed by atoms with van der Waals surface area (Å²) in [6.07, 6.45) is -0.0440. The summed E-state index contributed by atoms with van der Waals surface area (Å²) in [5.41, 5.74) is 1.25. The average molecular weight is 546 g/mol. The molecular weight excluding hydrogens is 529 g/mol. The number of aromatic nitrogens is 7. The summed E-state index contributed by atoms with van der Waals surface area (Å²) in [6, 6.07) is 15.8. The first-order chi connectivity index (χ1) is 19.3. The number of hydrogen-bond acceptors (Lipinski definition) is 5. The molecule has 1 N–H and O–H groups in total. The summed E-state index contributed by atoms with van der Waals surface area (Å²) in [5.74, 6) is -1.86. The van der Waals surface area contributed by atoms with Crippen LogP contribution in [0.4, 0.5) is 22.0 Å². The Morgan fingerprint density at radius 2 is 1.73 bits per heavy atom. The van der Waals surface area contributed by atoms with E-state index in [0.29, 0.717) is 28.0 Å². The number of aromatic amines is 1. The van der Waals surface area contributed by atoms with E-state index in [1.807, 2.05) is 0 Å². The van der Waals surface area contributed by atoms with E-state index in [9.17, 15) is 22.0 Å². The van der Waals surface area contributed by atoms with Gasteiger partial charge in [-0.25, -0.2) is 13.8 Å². The van der Waals surface area contributed by atoms with Gasteiger partial charge in [-0.2, -0.15) is 18.3 Å². The normalized spacial score (nSPS) is 11.7. The van der Waals surface area contributed by atoms with Crippen molar-refractivity contribution in [1.82, 2.24) is 30.2 Å². The number of benzene rings is 2. The van der Waals surface area contributed by atoms with Crippen LogP contribution in [0.5, 0.6) is 0 Å². The van der Waals surface area contributed by atoms with E-state index in [2.05, 4.69) is 30.2 Å². The van der Waals surface area contributed by atoms with Gasteiger partial charge in [-0.3, -0.25) is 4.98 Å². The number of rotatable bonds is 5. The molecule has 0 aliphatic rings. The van der Waals surface area contributed by atoms with Crippen molar-refractivity contribution < 1.29 is 26.6 Å². The van der Waals surface area contributed by atoms with Crippen LogP contribution in [0.2, 0.25) is 0 Å². The predicted octanol–water partition coefficient (Wildman–Crippen LogP) is 5.78. The second kappa shape index (κ2) is 9.88. The lowest BCUT2D eigenvalue weighted by Crippen LogP contribution is -2.38. The number of halogens is 5. The van der Waals surface area contributed by atoms with Crippen molar-refractivity contribution in [3.8, 4) is 33.9 Å². The van der Waals surface area contributed by atoms with Crippen molar-refractivity contribution in [2.75, 3.05) is 0 Å². The minimum atomic E-state index is -4.62. The van der Waals surface area contributed by atoms with Gasteiger partial charge in [0.25, 0.3) is 0 Å². The average Bonchev–Trinajstić information content (AvgIpc) is 3.38. The van der Waals surface area contributed by atoms with Gasteiger partial charge >= 0.3 is 6.18 Å². The number of pyridine rings is 1. The Morgan fingerprint density at radius 3 is 2.48 bits per heavy atom. The summed E-state index contributed by atoms with van der Waals surface area (Å²) in [6.45, 7) is 0.149. The number of fused-ring (bicyclic) bond motifs is 1. The zero-order valence-electron chi connectivity index (χ0n) is 20.4. The number of nitrogens with zero attached hydrogens (tertiary/aromatic N) is 6. The van der Waals surface area contributed by atoms with Gasteiger partial charge in [-0.1, -0.05) is 28.9 Å². The van der Waals surface area contributed by atoms with Crippen LogP contribution in [-0.2, 0) is 12.7 Å². The molecule has 0 atom stereocenters. The van der Waals surface area contributed by atoms with Crippen molar-refractivity contribution in [2.24, 2.45) is 0 Å². The van der Waals surface area contributed by atoms with E-state index in [1.54, 1.807) is 36.5 Å². The highest BCUT2D eigenvalue weighted by molar-refractivity contribution is 5.77. The fraction of sp³-hybridized carbons (Fsp3) is 0.0714. The highest BCUT2D eigenvalue weighted by Gasteiger charge is 2.34.